The van der Waals surface area contributed by atoms with E-state index in [-0.39, 0.29) is 5.82 Å². The van der Waals surface area contributed by atoms with Crippen LogP contribution in [0.3, 0.4) is 0 Å². The summed E-state index contributed by atoms with van der Waals surface area (Å²) in [4.78, 5) is 7.13. The SMILES string of the molecule is CCNC(=NCCCc1cccc(F)c1)NC1CCN(CCOC)CC1. The van der Waals surface area contributed by atoms with Crippen molar-refractivity contribution in [3.05, 3.63) is 35.6 Å². The van der Waals surface area contributed by atoms with Gasteiger partial charge in [0.1, 0.15) is 5.82 Å². The Morgan fingerprint density at radius 3 is 2.85 bits per heavy atom. The lowest BCUT2D eigenvalue weighted by molar-refractivity contribution is 0.128. The molecule has 1 aromatic carbocycles. The zero-order chi connectivity index (χ0) is 18.6. The molecule has 26 heavy (non-hydrogen) atoms. The summed E-state index contributed by atoms with van der Waals surface area (Å²) in [5.41, 5.74) is 1.03. The van der Waals surface area contributed by atoms with Gasteiger partial charge in [-0.1, -0.05) is 12.1 Å². The van der Waals surface area contributed by atoms with Crippen molar-refractivity contribution in [3.8, 4) is 0 Å². The molecule has 0 spiro atoms. The van der Waals surface area contributed by atoms with Crippen molar-refractivity contribution in [2.24, 2.45) is 4.99 Å². The number of halogens is 1. The Hall–Kier alpha value is -1.66. The molecule has 146 valence electrons. The van der Waals surface area contributed by atoms with E-state index in [1.165, 1.54) is 6.07 Å². The maximum absolute atomic E-state index is 13.2. The van der Waals surface area contributed by atoms with Crippen molar-refractivity contribution in [1.82, 2.24) is 15.5 Å². The third-order valence-electron chi connectivity index (χ3n) is 4.67. The van der Waals surface area contributed by atoms with Gasteiger partial charge in [0, 0.05) is 45.9 Å². The van der Waals surface area contributed by atoms with E-state index in [0.717, 1.165) is 76.5 Å². The van der Waals surface area contributed by atoms with Gasteiger partial charge in [-0.25, -0.2) is 4.39 Å². The highest BCUT2D eigenvalue weighted by molar-refractivity contribution is 5.80. The van der Waals surface area contributed by atoms with Crippen molar-refractivity contribution in [2.45, 2.75) is 38.6 Å². The Morgan fingerprint density at radius 1 is 1.35 bits per heavy atom. The lowest BCUT2D eigenvalue weighted by Crippen LogP contribution is -2.49. The molecule has 1 aliphatic rings. The standard InChI is InChI=1S/C20H33FN4O/c1-3-22-20(23-11-5-7-17-6-4-8-18(21)16-17)24-19-9-12-25(13-10-19)14-15-26-2/h4,6,8,16,19H,3,5,7,9-15H2,1-2H3,(H2,22,23,24). The maximum Gasteiger partial charge on any atom is 0.191 e. The van der Waals surface area contributed by atoms with Crippen LogP contribution in [0.2, 0.25) is 0 Å². The van der Waals surface area contributed by atoms with Crippen LogP contribution in [0.1, 0.15) is 31.7 Å². The smallest absolute Gasteiger partial charge is 0.191 e. The zero-order valence-electron chi connectivity index (χ0n) is 16.1. The van der Waals surface area contributed by atoms with E-state index in [9.17, 15) is 4.39 Å². The largest absolute Gasteiger partial charge is 0.383 e. The number of nitrogens with one attached hydrogen (secondary N) is 2. The van der Waals surface area contributed by atoms with Crippen molar-refractivity contribution in [1.29, 1.82) is 0 Å². The Morgan fingerprint density at radius 2 is 2.15 bits per heavy atom. The van der Waals surface area contributed by atoms with Crippen LogP contribution in [-0.4, -0.2) is 63.3 Å². The molecule has 2 N–H and O–H groups in total. The summed E-state index contributed by atoms with van der Waals surface area (Å²) >= 11 is 0. The summed E-state index contributed by atoms with van der Waals surface area (Å²) in [6.45, 7) is 7.67. The van der Waals surface area contributed by atoms with Gasteiger partial charge in [0.15, 0.2) is 5.96 Å². The van der Waals surface area contributed by atoms with Crippen molar-refractivity contribution < 1.29 is 9.13 Å². The van der Waals surface area contributed by atoms with Gasteiger partial charge in [-0.3, -0.25) is 4.99 Å². The number of hydrogen-bond acceptors (Lipinski definition) is 3. The molecule has 0 saturated carbocycles. The Kier molecular flexibility index (Phi) is 9.42. The number of benzene rings is 1. The van der Waals surface area contributed by atoms with Crippen molar-refractivity contribution >= 4 is 5.96 Å². The van der Waals surface area contributed by atoms with Gasteiger partial charge in [-0.2, -0.15) is 0 Å². The molecule has 5 nitrogen and oxygen atoms in total. The second-order valence-corrected chi connectivity index (χ2v) is 6.75. The first-order chi connectivity index (χ1) is 12.7. The predicted octanol–water partition coefficient (Wildman–Crippen LogP) is 2.42. The van der Waals surface area contributed by atoms with E-state index in [1.54, 1.807) is 19.2 Å². The fraction of sp³-hybridized carbons (Fsp3) is 0.650. The monoisotopic (exact) mass is 364 g/mol. The molecule has 0 aromatic heterocycles. The van der Waals surface area contributed by atoms with E-state index in [0.29, 0.717) is 6.04 Å². The van der Waals surface area contributed by atoms with Crippen molar-refractivity contribution in [2.75, 3.05) is 46.4 Å². The number of rotatable bonds is 9. The molecule has 0 bridgehead atoms. The number of methoxy groups -OCH3 is 1. The van der Waals surface area contributed by atoms with Gasteiger partial charge in [-0.05, 0) is 50.3 Å². The highest BCUT2D eigenvalue weighted by Gasteiger charge is 2.19. The van der Waals surface area contributed by atoms with Gasteiger partial charge in [-0.15, -0.1) is 0 Å². The van der Waals surface area contributed by atoms with Gasteiger partial charge < -0.3 is 20.3 Å². The fourth-order valence-corrected chi connectivity index (χ4v) is 3.20. The number of ether oxygens (including phenoxy) is 1. The Balaban J connectivity index is 1.72. The molecule has 0 aliphatic carbocycles. The van der Waals surface area contributed by atoms with E-state index < -0.39 is 0 Å². The maximum atomic E-state index is 13.2. The highest BCUT2D eigenvalue weighted by atomic mass is 19.1. The van der Waals surface area contributed by atoms with Crippen LogP contribution in [-0.2, 0) is 11.2 Å². The quantitative estimate of drug-likeness (QED) is 0.401. The summed E-state index contributed by atoms with van der Waals surface area (Å²) in [6.07, 6.45) is 4.00. The number of guanidine groups is 1. The van der Waals surface area contributed by atoms with Gasteiger partial charge in [0.2, 0.25) is 0 Å². The average molecular weight is 365 g/mol. The minimum atomic E-state index is -0.169. The topological polar surface area (TPSA) is 48.9 Å². The zero-order valence-corrected chi connectivity index (χ0v) is 16.1. The molecule has 0 unspecified atom stereocenters. The summed E-state index contributed by atoms with van der Waals surface area (Å²) < 4.78 is 18.4. The molecular formula is C20H33FN4O. The Bertz CT molecular complexity index is 544. The van der Waals surface area contributed by atoms with Crippen LogP contribution in [0.25, 0.3) is 0 Å². The number of aliphatic imine (C=N–C) groups is 1. The lowest BCUT2D eigenvalue weighted by atomic mass is 10.1. The molecule has 0 atom stereocenters. The van der Waals surface area contributed by atoms with Crippen LogP contribution in [0.15, 0.2) is 29.3 Å². The number of piperidine rings is 1. The molecule has 0 amide bonds. The normalized spacial score (nSPS) is 16.7. The van der Waals surface area contributed by atoms with Crippen LogP contribution in [0.5, 0.6) is 0 Å². The molecule has 6 heteroatoms. The highest BCUT2D eigenvalue weighted by Crippen LogP contribution is 2.10. The van der Waals surface area contributed by atoms with Crippen LogP contribution in [0.4, 0.5) is 4.39 Å². The number of aryl methyl sites for hydroxylation is 1. The fourth-order valence-electron chi connectivity index (χ4n) is 3.20. The van der Waals surface area contributed by atoms with Crippen LogP contribution < -0.4 is 10.6 Å². The molecular weight excluding hydrogens is 331 g/mol. The lowest BCUT2D eigenvalue weighted by Gasteiger charge is -2.32. The summed E-state index contributed by atoms with van der Waals surface area (Å²) in [7, 11) is 1.75. The summed E-state index contributed by atoms with van der Waals surface area (Å²) in [5, 5.41) is 6.89. The first-order valence-corrected chi connectivity index (χ1v) is 9.72. The van der Waals surface area contributed by atoms with Gasteiger partial charge in [0.25, 0.3) is 0 Å². The molecule has 1 saturated heterocycles. The second kappa shape index (κ2) is 11.9. The van der Waals surface area contributed by atoms with E-state index >= 15 is 0 Å². The minimum absolute atomic E-state index is 0.169. The molecule has 1 aliphatic heterocycles. The van der Waals surface area contributed by atoms with E-state index in [1.807, 2.05) is 6.07 Å². The number of likely N-dealkylation sites (tertiary alicyclic amines) is 1. The van der Waals surface area contributed by atoms with E-state index in [2.05, 4.69) is 27.4 Å². The minimum Gasteiger partial charge on any atom is -0.383 e. The molecule has 0 radical (unpaired) electrons. The van der Waals surface area contributed by atoms with Crippen LogP contribution in [0, 0.1) is 5.82 Å². The van der Waals surface area contributed by atoms with E-state index in [4.69, 9.17) is 4.74 Å². The van der Waals surface area contributed by atoms with Crippen molar-refractivity contribution in [3.63, 3.8) is 0 Å². The average Bonchev–Trinajstić information content (AvgIpc) is 2.65. The summed E-state index contributed by atoms with van der Waals surface area (Å²) in [5.74, 6) is 0.722. The molecule has 1 fully saturated rings. The number of nitrogens with zero attached hydrogens (tertiary/aromatic N) is 2. The second-order valence-electron chi connectivity index (χ2n) is 6.75. The molecule has 2 rings (SSSR count). The third-order valence-corrected chi connectivity index (χ3v) is 4.67. The predicted molar refractivity (Wildman–Crippen MR) is 105 cm³/mol. The summed E-state index contributed by atoms with van der Waals surface area (Å²) in [6, 6.07) is 7.28. The van der Waals surface area contributed by atoms with Gasteiger partial charge >= 0.3 is 0 Å². The number of hydrogen-bond donors (Lipinski definition) is 2. The first kappa shape index (κ1) is 20.6. The third kappa shape index (κ3) is 7.70. The molecule has 1 heterocycles. The Labute approximate surface area is 157 Å². The molecule has 1 aromatic rings. The van der Waals surface area contributed by atoms with Crippen LogP contribution >= 0.6 is 0 Å². The first-order valence-electron chi connectivity index (χ1n) is 9.72. The van der Waals surface area contributed by atoms with Gasteiger partial charge in [0.05, 0.1) is 6.61 Å².